The summed E-state index contributed by atoms with van der Waals surface area (Å²) in [6.45, 7) is 3.11. The number of hydrogen-bond acceptors (Lipinski definition) is 2. The molecule has 126 valence electrons. The third kappa shape index (κ3) is 3.86. The highest BCUT2D eigenvalue weighted by Gasteiger charge is 2.45. The molecule has 0 radical (unpaired) electrons. The molecule has 3 rings (SSSR count). The molecule has 1 atom stereocenters. The monoisotopic (exact) mass is 316 g/mol. The van der Waals surface area contributed by atoms with Crippen LogP contribution in [0.15, 0.2) is 24.3 Å². The lowest BCUT2D eigenvalue weighted by molar-refractivity contribution is 0.128. The average Bonchev–Trinajstić information content (AvgIpc) is 3.30. The smallest absolute Gasteiger partial charge is 0.318 e. The number of carbonyl (C=O) groups excluding carboxylic acids is 1. The van der Waals surface area contributed by atoms with Crippen LogP contribution in [0, 0.1) is 6.92 Å². The fourth-order valence-corrected chi connectivity index (χ4v) is 3.69. The Morgan fingerprint density at radius 1 is 1.35 bits per heavy atom. The van der Waals surface area contributed by atoms with Crippen molar-refractivity contribution in [1.29, 1.82) is 0 Å². The number of nitrogens with zero attached hydrogens (tertiary/aromatic N) is 1. The SMILES string of the molecule is Cc1ccccc1CC1(NC(=O)N2CCCC[C@H]2CCO)CC1. The summed E-state index contributed by atoms with van der Waals surface area (Å²) in [5.41, 5.74) is 2.57. The first-order valence-electron chi connectivity index (χ1n) is 8.88. The molecular formula is C19H28N2O2. The number of piperidine rings is 1. The van der Waals surface area contributed by atoms with Crippen molar-refractivity contribution in [3.8, 4) is 0 Å². The van der Waals surface area contributed by atoms with Gasteiger partial charge in [0.1, 0.15) is 0 Å². The molecular weight excluding hydrogens is 288 g/mol. The molecule has 4 heteroatoms. The summed E-state index contributed by atoms with van der Waals surface area (Å²) in [5, 5.41) is 12.5. The van der Waals surface area contributed by atoms with Crippen LogP contribution in [-0.2, 0) is 6.42 Å². The highest BCUT2D eigenvalue weighted by atomic mass is 16.3. The van der Waals surface area contributed by atoms with Gasteiger partial charge in [-0.1, -0.05) is 24.3 Å². The number of rotatable bonds is 5. The van der Waals surface area contributed by atoms with Gasteiger partial charge in [-0.2, -0.15) is 0 Å². The van der Waals surface area contributed by atoms with Crippen LogP contribution in [0.3, 0.4) is 0 Å². The molecule has 1 heterocycles. The lowest BCUT2D eigenvalue weighted by Crippen LogP contribution is -2.52. The zero-order valence-corrected chi connectivity index (χ0v) is 14.1. The van der Waals surface area contributed by atoms with Gasteiger partial charge < -0.3 is 15.3 Å². The summed E-state index contributed by atoms with van der Waals surface area (Å²) in [6.07, 6.45) is 6.97. The Balaban J connectivity index is 1.63. The van der Waals surface area contributed by atoms with E-state index in [0.717, 1.165) is 45.1 Å². The molecule has 1 aromatic carbocycles. The fourth-order valence-electron chi connectivity index (χ4n) is 3.69. The molecule has 1 saturated heterocycles. The standard InChI is InChI=1S/C19H28N2O2/c1-15-6-2-3-7-16(15)14-19(10-11-19)20-18(23)21-12-5-4-8-17(21)9-13-22/h2-3,6-7,17,22H,4-5,8-14H2,1H3,(H,20,23)/t17-/m0/s1. The molecule has 0 unspecified atom stereocenters. The minimum Gasteiger partial charge on any atom is -0.396 e. The van der Waals surface area contributed by atoms with Gasteiger partial charge in [0.2, 0.25) is 0 Å². The third-order valence-corrected chi connectivity index (χ3v) is 5.37. The van der Waals surface area contributed by atoms with Crippen LogP contribution in [0.5, 0.6) is 0 Å². The van der Waals surface area contributed by atoms with Crippen LogP contribution < -0.4 is 5.32 Å². The topological polar surface area (TPSA) is 52.6 Å². The molecule has 2 N–H and O–H groups in total. The van der Waals surface area contributed by atoms with Crippen molar-refractivity contribution in [3.05, 3.63) is 35.4 Å². The lowest BCUT2D eigenvalue weighted by atomic mass is 9.98. The Kier molecular flexibility index (Phi) is 4.90. The largest absolute Gasteiger partial charge is 0.396 e. The van der Waals surface area contributed by atoms with Crippen molar-refractivity contribution in [3.63, 3.8) is 0 Å². The molecule has 0 spiro atoms. The second-order valence-electron chi connectivity index (χ2n) is 7.17. The number of aliphatic hydroxyl groups excluding tert-OH is 1. The van der Waals surface area contributed by atoms with E-state index in [1.807, 2.05) is 4.90 Å². The minimum absolute atomic E-state index is 0.0512. The van der Waals surface area contributed by atoms with Gasteiger partial charge in [-0.3, -0.25) is 0 Å². The number of aliphatic hydroxyl groups is 1. The average molecular weight is 316 g/mol. The van der Waals surface area contributed by atoms with Crippen molar-refractivity contribution in [2.45, 2.75) is 63.5 Å². The van der Waals surface area contributed by atoms with Crippen molar-refractivity contribution in [2.75, 3.05) is 13.2 Å². The Bertz CT molecular complexity index is 552. The molecule has 1 aliphatic heterocycles. The third-order valence-electron chi connectivity index (χ3n) is 5.37. The van der Waals surface area contributed by atoms with E-state index >= 15 is 0 Å². The highest BCUT2D eigenvalue weighted by Crippen LogP contribution is 2.39. The van der Waals surface area contributed by atoms with E-state index in [0.29, 0.717) is 6.42 Å². The van der Waals surface area contributed by atoms with Gasteiger partial charge in [-0.15, -0.1) is 0 Å². The Morgan fingerprint density at radius 3 is 2.83 bits per heavy atom. The highest BCUT2D eigenvalue weighted by molar-refractivity contribution is 5.76. The van der Waals surface area contributed by atoms with Gasteiger partial charge in [0.25, 0.3) is 0 Å². The second kappa shape index (κ2) is 6.91. The first kappa shape index (κ1) is 16.3. The molecule has 1 aromatic rings. The predicted octanol–water partition coefficient (Wildman–Crippen LogP) is 3.02. The Hall–Kier alpha value is -1.55. The quantitative estimate of drug-likeness (QED) is 0.877. The predicted molar refractivity (Wildman–Crippen MR) is 91.4 cm³/mol. The molecule has 1 saturated carbocycles. The summed E-state index contributed by atoms with van der Waals surface area (Å²) in [5.74, 6) is 0. The molecule has 23 heavy (non-hydrogen) atoms. The van der Waals surface area contributed by atoms with Crippen LogP contribution in [0.2, 0.25) is 0 Å². The number of carbonyl (C=O) groups is 1. The number of amides is 2. The van der Waals surface area contributed by atoms with Gasteiger partial charge in [0.15, 0.2) is 0 Å². The van der Waals surface area contributed by atoms with Gasteiger partial charge in [-0.25, -0.2) is 4.79 Å². The van der Waals surface area contributed by atoms with Crippen molar-refractivity contribution in [1.82, 2.24) is 10.2 Å². The number of benzene rings is 1. The first-order valence-corrected chi connectivity index (χ1v) is 8.88. The molecule has 0 bridgehead atoms. The maximum Gasteiger partial charge on any atom is 0.318 e. The molecule has 1 aliphatic carbocycles. The summed E-state index contributed by atoms with van der Waals surface area (Å²) in [6, 6.07) is 8.69. The maximum absolute atomic E-state index is 12.7. The van der Waals surface area contributed by atoms with E-state index in [1.165, 1.54) is 11.1 Å². The number of hydrogen-bond donors (Lipinski definition) is 2. The van der Waals surface area contributed by atoms with E-state index in [2.05, 4.69) is 36.5 Å². The first-order chi connectivity index (χ1) is 11.1. The Labute approximate surface area is 138 Å². The van der Waals surface area contributed by atoms with Crippen LogP contribution in [0.4, 0.5) is 4.79 Å². The van der Waals surface area contributed by atoms with Crippen LogP contribution in [-0.4, -0.2) is 40.8 Å². The van der Waals surface area contributed by atoms with Gasteiger partial charge >= 0.3 is 6.03 Å². The maximum atomic E-state index is 12.7. The van der Waals surface area contributed by atoms with E-state index in [-0.39, 0.29) is 24.2 Å². The Morgan fingerprint density at radius 2 is 2.13 bits per heavy atom. The molecule has 2 fully saturated rings. The molecule has 2 amide bonds. The normalized spacial score (nSPS) is 22.7. The van der Waals surface area contributed by atoms with Gasteiger partial charge in [-0.05, 0) is 63.0 Å². The zero-order chi connectivity index (χ0) is 16.3. The number of aryl methyl sites for hydroxylation is 1. The zero-order valence-electron chi connectivity index (χ0n) is 14.1. The summed E-state index contributed by atoms with van der Waals surface area (Å²) >= 11 is 0. The number of likely N-dealkylation sites (tertiary alicyclic amines) is 1. The van der Waals surface area contributed by atoms with Gasteiger partial charge in [0, 0.05) is 24.7 Å². The number of urea groups is 1. The van der Waals surface area contributed by atoms with E-state index in [9.17, 15) is 9.90 Å². The van der Waals surface area contributed by atoms with E-state index in [4.69, 9.17) is 0 Å². The van der Waals surface area contributed by atoms with Crippen molar-refractivity contribution < 1.29 is 9.90 Å². The minimum atomic E-state index is -0.0512. The van der Waals surface area contributed by atoms with Crippen LogP contribution in [0.25, 0.3) is 0 Å². The number of nitrogens with one attached hydrogen (secondary N) is 1. The summed E-state index contributed by atoms with van der Waals surface area (Å²) < 4.78 is 0. The lowest BCUT2D eigenvalue weighted by Gasteiger charge is -2.36. The summed E-state index contributed by atoms with van der Waals surface area (Å²) in [7, 11) is 0. The van der Waals surface area contributed by atoms with Gasteiger partial charge in [0.05, 0.1) is 0 Å². The van der Waals surface area contributed by atoms with Crippen LogP contribution in [0.1, 0.15) is 49.7 Å². The van der Waals surface area contributed by atoms with E-state index in [1.54, 1.807) is 0 Å². The molecule has 0 aromatic heterocycles. The van der Waals surface area contributed by atoms with Crippen LogP contribution >= 0.6 is 0 Å². The summed E-state index contributed by atoms with van der Waals surface area (Å²) in [4.78, 5) is 14.7. The van der Waals surface area contributed by atoms with Crippen molar-refractivity contribution in [2.24, 2.45) is 0 Å². The molecule has 4 nitrogen and oxygen atoms in total. The fraction of sp³-hybridized carbons (Fsp3) is 0.632. The van der Waals surface area contributed by atoms with E-state index < -0.39 is 0 Å². The second-order valence-corrected chi connectivity index (χ2v) is 7.17. The van der Waals surface area contributed by atoms with Crippen molar-refractivity contribution >= 4 is 6.03 Å². The molecule has 2 aliphatic rings.